The molecule has 1 aromatic rings. The number of nitrogens with zero attached hydrogens (tertiary/aromatic N) is 1. The summed E-state index contributed by atoms with van der Waals surface area (Å²) in [5.41, 5.74) is -0.148. The molecule has 1 atom stereocenters. The van der Waals surface area contributed by atoms with Crippen LogP contribution < -0.4 is 5.32 Å². The summed E-state index contributed by atoms with van der Waals surface area (Å²) in [6, 6.07) is 4.67. The van der Waals surface area contributed by atoms with Crippen molar-refractivity contribution in [1.29, 1.82) is 0 Å². The van der Waals surface area contributed by atoms with Crippen molar-refractivity contribution < 1.29 is 22.7 Å². The largest absolute Gasteiger partial charge is 0.416 e. The summed E-state index contributed by atoms with van der Waals surface area (Å²) in [6.45, 7) is 3.51. The van der Waals surface area contributed by atoms with Crippen LogP contribution in [-0.2, 0) is 22.1 Å². The predicted molar refractivity (Wildman–Crippen MR) is 80.0 cm³/mol. The molecule has 128 valence electrons. The van der Waals surface area contributed by atoms with Crippen LogP contribution in [-0.4, -0.2) is 50.7 Å². The van der Waals surface area contributed by atoms with Gasteiger partial charge in [0.25, 0.3) is 0 Å². The van der Waals surface area contributed by atoms with Crippen LogP contribution in [0.1, 0.15) is 11.1 Å². The first-order chi connectivity index (χ1) is 10.8. The highest BCUT2D eigenvalue weighted by molar-refractivity contribution is 5.78. The molecule has 1 aliphatic heterocycles. The molecule has 0 radical (unpaired) electrons. The summed E-state index contributed by atoms with van der Waals surface area (Å²) in [7, 11) is 2.01. The monoisotopic (exact) mass is 330 g/mol. The molecule has 2 rings (SSSR count). The fourth-order valence-electron chi connectivity index (χ4n) is 2.50. The number of hydrogen-bond acceptors (Lipinski definition) is 3. The van der Waals surface area contributed by atoms with E-state index in [0.717, 1.165) is 25.2 Å². The topological polar surface area (TPSA) is 41.6 Å². The predicted octanol–water partition coefficient (Wildman–Crippen LogP) is 1.94. The Morgan fingerprint density at radius 1 is 1.35 bits per heavy atom. The molecular weight excluding hydrogens is 309 g/mol. The fraction of sp³-hybridized carbons (Fsp3) is 0.562. The highest BCUT2D eigenvalue weighted by atomic mass is 19.4. The highest BCUT2D eigenvalue weighted by Crippen LogP contribution is 2.29. The first-order valence-electron chi connectivity index (χ1n) is 7.53. The molecule has 1 aromatic carbocycles. The van der Waals surface area contributed by atoms with Gasteiger partial charge in [-0.25, -0.2) is 0 Å². The van der Waals surface area contributed by atoms with Crippen LogP contribution in [0.25, 0.3) is 0 Å². The van der Waals surface area contributed by atoms with Gasteiger partial charge in [0.2, 0.25) is 5.91 Å². The summed E-state index contributed by atoms with van der Waals surface area (Å²) >= 11 is 0. The molecule has 1 saturated heterocycles. The van der Waals surface area contributed by atoms with E-state index < -0.39 is 11.7 Å². The van der Waals surface area contributed by atoms with Gasteiger partial charge in [-0.05, 0) is 24.7 Å². The van der Waals surface area contributed by atoms with Crippen molar-refractivity contribution in [3.8, 4) is 0 Å². The second-order valence-corrected chi connectivity index (χ2v) is 5.88. The third-order valence-corrected chi connectivity index (χ3v) is 3.77. The van der Waals surface area contributed by atoms with Gasteiger partial charge in [0.15, 0.2) is 0 Å². The Bertz CT molecular complexity index is 517. The van der Waals surface area contributed by atoms with E-state index in [2.05, 4.69) is 10.2 Å². The number of benzene rings is 1. The maximum atomic E-state index is 12.5. The molecule has 1 aliphatic rings. The summed E-state index contributed by atoms with van der Waals surface area (Å²) in [6.07, 6.45) is -4.28. The van der Waals surface area contributed by atoms with E-state index in [0.29, 0.717) is 25.3 Å². The van der Waals surface area contributed by atoms with Gasteiger partial charge in [-0.2, -0.15) is 13.2 Å². The standard InChI is InChI=1S/C16H21F3N2O2/c1-21-6-7-23-11-13(10-21)9-20-15(22)8-12-2-4-14(5-3-12)16(17,18)19/h2-5,13H,6-11H2,1H3,(H,20,22). The van der Waals surface area contributed by atoms with Crippen LogP contribution in [0.3, 0.4) is 0 Å². The average molecular weight is 330 g/mol. The van der Waals surface area contributed by atoms with Gasteiger partial charge in [-0.15, -0.1) is 0 Å². The molecule has 7 heteroatoms. The van der Waals surface area contributed by atoms with Crippen molar-refractivity contribution in [3.63, 3.8) is 0 Å². The lowest BCUT2D eigenvalue weighted by Gasteiger charge is -2.19. The van der Waals surface area contributed by atoms with Crippen LogP contribution in [0.4, 0.5) is 13.2 Å². The SMILES string of the molecule is CN1CCOCC(CNC(=O)Cc2ccc(C(F)(F)F)cc2)C1. The van der Waals surface area contributed by atoms with Crippen LogP contribution in [0.15, 0.2) is 24.3 Å². The summed E-state index contributed by atoms with van der Waals surface area (Å²) in [4.78, 5) is 14.1. The number of carbonyl (C=O) groups excluding carboxylic acids is 1. The van der Waals surface area contributed by atoms with Crippen molar-refractivity contribution in [3.05, 3.63) is 35.4 Å². The highest BCUT2D eigenvalue weighted by Gasteiger charge is 2.30. The minimum Gasteiger partial charge on any atom is -0.380 e. The normalized spacial score (nSPS) is 20.1. The molecule has 1 heterocycles. The van der Waals surface area contributed by atoms with Gasteiger partial charge in [0.05, 0.1) is 25.2 Å². The zero-order chi connectivity index (χ0) is 16.9. The zero-order valence-corrected chi connectivity index (χ0v) is 13.0. The van der Waals surface area contributed by atoms with E-state index in [1.165, 1.54) is 12.1 Å². The first-order valence-corrected chi connectivity index (χ1v) is 7.53. The van der Waals surface area contributed by atoms with Crippen LogP contribution in [0, 0.1) is 5.92 Å². The van der Waals surface area contributed by atoms with Crippen LogP contribution >= 0.6 is 0 Å². The maximum absolute atomic E-state index is 12.5. The van der Waals surface area contributed by atoms with E-state index in [4.69, 9.17) is 4.74 Å². The van der Waals surface area contributed by atoms with Gasteiger partial charge in [0, 0.05) is 25.6 Å². The lowest BCUT2D eigenvalue weighted by molar-refractivity contribution is -0.137. The lowest BCUT2D eigenvalue weighted by atomic mass is 10.1. The molecule has 1 N–H and O–H groups in total. The van der Waals surface area contributed by atoms with Crippen LogP contribution in [0.5, 0.6) is 0 Å². The number of alkyl halides is 3. The number of carbonyl (C=O) groups is 1. The third kappa shape index (κ3) is 5.84. The number of nitrogens with one attached hydrogen (secondary N) is 1. The second kappa shape index (κ2) is 7.79. The molecule has 0 bridgehead atoms. The Morgan fingerprint density at radius 2 is 2.04 bits per heavy atom. The maximum Gasteiger partial charge on any atom is 0.416 e. The minimum atomic E-state index is -4.35. The molecule has 1 fully saturated rings. The van der Waals surface area contributed by atoms with E-state index in [1.807, 2.05) is 7.05 Å². The molecule has 1 unspecified atom stereocenters. The zero-order valence-electron chi connectivity index (χ0n) is 13.0. The van der Waals surface area contributed by atoms with Gasteiger partial charge < -0.3 is 15.0 Å². The van der Waals surface area contributed by atoms with Crippen molar-refractivity contribution in [2.45, 2.75) is 12.6 Å². The molecule has 0 aliphatic carbocycles. The molecule has 0 spiro atoms. The molecule has 0 saturated carbocycles. The van der Waals surface area contributed by atoms with E-state index in [9.17, 15) is 18.0 Å². The number of halogens is 3. The quantitative estimate of drug-likeness (QED) is 0.917. The number of amides is 1. The van der Waals surface area contributed by atoms with Gasteiger partial charge in [-0.3, -0.25) is 4.79 Å². The Balaban J connectivity index is 1.80. The van der Waals surface area contributed by atoms with Crippen molar-refractivity contribution >= 4 is 5.91 Å². The summed E-state index contributed by atoms with van der Waals surface area (Å²) < 4.78 is 42.9. The molecule has 23 heavy (non-hydrogen) atoms. The van der Waals surface area contributed by atoms with E-state index >= 15 is 0 Å². The van der Waals surface area contributed by atoms with Gasteiger partial charge in [-0.1, -0.05) is 12.1 Å². The number of rotatable bonds is 4. The molecule has 0 aromatic heterocycles. The Labute approximate surface area is 133 Å². The first kappa shape index (κ1) is 17.7. The molecular formula is C16H21F3N2O2. The lowest BCUT2D eigenvalue weighted by Crippen LogP contribution is -2.36. The Hall–Kier alpha value is -1.60. The molecule has 4 nitrogen and oxygen atoms in total. The number of likely N-dealkylation sites (N-methyl/N-ethyl adjacent to an activating group) is 1. The van der Waals surface area contributed by atoms with Crippen molar-refractivity contribution in [2.75, 3.05) is 39.9 Å². The van der Waals surface area contributed by atoms with Gasteiger partial charge >= 0.3 is 6.18 Å². The minimum absolute atomic E-state index is 0.0710. The number of hydrogen-bond donors (Lipinski definition) is 1. The fourth-order valence-corrected chi connectivity index (χ4v) is 2.50. The van der Waals surface area contributed by atoms with E-state index in [-0.39, 0.29) is 18.2 Å². The average Bonchev–Trinajstić information content (AvgIpc) is 2.69. The Morgan fingerprint density at radius 3 is 2.70 bits per heavy atom. The molecule has 1 amide bonds. The third-order valence-electron chi connectivity index (χ3n) is 3.77. The second-order valence-electron chi connectivity index (χ2n) is 5.88. The number of ether oxygens (including phenoxy) is 1. The Kier molecular flexibility index (Phi) is 6.01. The van der Waals surface area contributed by atoms with E-state index in [1.54, 1.807) is 0 Å². The van der Waals surface area contributed by atoms with Gasteiger partial charge in [0.1, 0.15) is 0 Å². The summed E-state index contributed by atoms with van der Waals surface area (Å²) in [5.74, 6) is 0.0238. The smallest absolute Gasteiger partial charge is 0.380 e. The van der Waals surface area contributed by atoms with Crippen molar-refractivity contribution in [1.82, 2.24) is 10.2 Å². The summed E-state index contributed by atoms with van der Waals surface area (Å²) in [5, 5.41) is 2.83. The van der Waals surface area contributed by atoms with Crippen LogP contribution in [0.2, 0.25) is 0 Å². The van der Waals surface area contributed by atoms with Crippen molar-refractivity contribution in [2.24, 2.45) is 5.92 Å².